The van der Waals surface area contributed by atoms with Crippen LogP contribution in [0, 0.1) is 5.41 Å². The van der Waals surface area contributed by atoms with Crippen molar-refractivity contribution in [3.05, 3.63) is 35.4 Å². The predicted molar refractivity (Wildman–Crippen MR) is 105 cm³/mol. The number of halogens is 1. The van der Waals surface area contributed by atoms with Crippen LogP contribution in [0.1, 0.15) is 49.5 Å². The van der Waals surface area contributed by atoms with Gasteiger partial charge in [-0.1, -0.05) is 26.0 Å². The highest BCUT2D eigenvalue weighted by molar-refractivity contribution is 5.93. The van der Waals surface area contributed by atoms with Crippen molar-refractivity contribution in [1.82, 2.24) is 9.80 Å². The fourth-order valence-electron chi connectivity index (χ4n) is 2.82. The summed E-state index contributed by atoms with van der Waals surface area (Å²) in [6.07, 6.45) is 1.48. The molecule has 25 heavy (non-hydrogen) atoms. The van der Waals surface area contributed by atoms with Crippen LogP contribution in [0.2, 0.25) is 0 Å². The van der Waals surface area contributed by atoms with Gasteiger partial charge in [0.15, 0.2) is 0 Å². The van der Waals surface area contributed by atoms with Gasteiger partial charge in [-0.25, -0.2) is 0 Å². The Kier molecular flexibility index (Phi) is 9.75. The molecule has 1 rings (SSSR count). The van der Waals surface area contributed by atoms with Crippen LogP contribution in [0.5, 0.6) is 0 Å². The molecule has 0 aliphatic heterocycles. The molecule has 0 fully saturated rings. The number of benzene rings is 1. The SMILES string of the molecule is CCN(Cc1ccc(C(=O)N(C)C)cc1)C(=O)C(CC)(CC)CN.Cl. The first-order valence-electron chi connectivity index (χ1n) is 8.65. The zero-order valence-electron chi connectivity index (χ0n) is 16.0. The van der Waals surface area contributed by atoms with Crippen LogP contribution >= 0.6 is 12.4 Å². The summed E-state index contributed by atoms with van der Waals surface area (Å²) in [5.74, 6) is 0.0926. The summed E-state index contributed by atoms with van der Waals surface area (Å²) in [6.45, 7) is 7.56. The highest BCUT2D eigenvalue weighted by Gasteiger charge is 2.36. The summed E-state index contributed by atoms with van der Waals surface area (Å²) in [7, 11) is 3.46. The second-order valence-corrected chi connectivity index (χ2v) is 6.41. The molecule has 2 amide bonds. The van der Waals surface area contributed by atoms with E-state index in [-0.39, 0.29) is 24.2 Å². The lowest BCUT2D eigenvalue weighted by atomic mass is 9.81. The first kappa shape index (κ1) is 23.4. The van der Waals surface area contributed by atoms with E-state index < -0.39 is 5.41 Å². The fraction of sp³-hybridized carbons (Fsp3) is 0.579. The van der Waals surface area contributed by atoms with Crippen LogP contribution in [0.4, 0.5) is 0 Å². The van der Waals surface area contributed by atoms with Crippen molar-refractivity contribution in [1.29, 1.82) is 0 Å². The monoisotopic (exact) mass is 369 g/mol. The van der Waals surface area contributed by atoms with Crippen molar-refractivity contribution in [3.8, 4) is 0 Å². The number of nitrogens with two attached hydrogens (primary N) is 1. The zero-order valence-corrected chi connectivity index (χ0v) is 16.9. The van der Waals surface area contributed by atoms with Gasteiger partial charge >= 0.3 is 0 Å². The number of hydrogen-bond acceptors (Lipinski definition) is 3. The van der Waals surface area contributed by atoms with E-state index >= 15 is 0 Å². The van der Waals surface area contributed by atoms with Gasteiger partial charge in [0, 0.05) is 39.3 Å². The summed E-state index contributed by atoms with van der Waals surface area (Å²) in [6, 6.07) is 7.45. The molecule has 0 aliphatic carbocycles. The van der Waals surface area contributed by atoms with Gasteiger partial charge in [-0.2, -0.15) is 0 Å². The Hall–Kier alpha value is -1.59. The Balaban J connectivity index is 0.00000576. The third-order valence-corrected chi connectivity index (χ3v) is 4.85. The van der Waals surface area contributed by atoms with Gasteiger partial charge in [-0.3, -0.25) is 9.59 Å². The lowest BCUT2D eigenvalue weighted by Gasteiger charge is -2.35. The van der Waals surface area contributed by atoms with E-state index in [1.165, 1.54) is 0 Å². The van der Waals surface area contributed by atoms with E-state index in [1.54, 1.807) is 19.0 Å². The first-order chi connectivity index (χ1) is 11.3. The molecule has 5 nitrogen and oxygen atoms in total. The molecular weight excluding hydrogens is 338 g/mol. The molecule has 0 spiro atoms. The number of nitrogens with zero attached hydrogens (tertiary/aromatic N) is 2. The molecule has 0 saturated heterocycles. The van der Waals surface area contributed by atoms with Crippen LogP contribution in [-0.4, -0.2) is 48.8 Å². The quantitative estimate of drug-likeness (QED) is 0.766. The Labute approximate surface area is 158 Å². The van der Waals surface area contributed by atoms with Gasteiger partial charge in [-0.15, -0.1) is 12.4 Å². The highest BCUT2D eigenvalue weighted by Crippen LogP contribution is 2.28. The van der Waals surface area contributed by atoms with Crippen molar-refractivity contribution in [2.45, 2.75) is 40.2 Å². The van der Waals surface area contributed by atoms with Crippen molar-refractivity contribution in [2.75, 3.05) is 27.2 Å². The Morgan fingerprint density at radius 3 is 1.92 bits per heavy atom. The van der Waals surface area contributed by atoms with Gasteiger partial charge in [0.25, 0.3) is 5.91 Å². The van der Waals surface area contributed by atoms with Crippen molar-refractivity contribution in [2.24, 2.45) is 11.1 Å². The van der Waals surface area contributed by atoms with Crippen molar-refractivity contribution >= 4 is 24.2 Å². The number of rotatable bonds is 8. The summed E-state index contributed by atoms with van der Waals surface area (Å²) in [5.41, 5.74) is 7.09. The third kappa shape index (κ3) is 5.44. The van der Waals surface area contributed by atoms with Gasteiger partial charge in [-0.05, 0) is 37.5 Å². The molecule has 6 heteroatoms. The molecule has 0 heterocycles. The Morgan fingerprint density at radius 1 is 1.04 bits per heavy atom. The third-order valence-electron chi connectivity index (χ3n) is 4.85. The molecule has 1 aromatic carbocycles. The molecule has 0 aromatic heterocycles. The molecule has 0 atom stereocenters. The van der Waals surface area contributed by atoms with Crippen molar-refractivity contribution < 1.29 is 9.59 Å². The molecule has 2 N–H and O–H groups in total. The molecule has 0 bridgehead atoms. The number of carbonyl (C=O) groups is 2. The molecule has 0 aliphatic rings. The highest BCUT2D eigenvalue weighted by atomic mass is 35.5. The van der Waals surface area contributed by atoms with Gasteiger partial charge < -0.3 is 15.5 Å². The Morgan fingerprint density at radius 2 is 1.56 bits per heavy atom. The maximum Gasteiger partial charge on any atom is 0.253 e. The number of carbonyl (C=O) groups excluding carboxylic acids is 2. The summed E-state index contributed by atoms with van der Waals surface area (Å²) in [5, 5.41) is 0. The topological polar surface area (TPSA) is 66.6 Å². The fourth-order valence-corrected chi connectivity index (χ4v) is 2.82. The summed E-state index contributed by atoms with van der Waals surface area (Å²) >= 11 is 0. The minimum absolute atomic E-state index is 0. The van der Waals surface area contributed by atoms with Crippen LogP contribution in [0.3, 0.4) is 0 Å². The van der Waals surface area contributed by atoms with Gasteiger partial charge in [0.1, 0.15) is 0 Å². The van der Waals surface area contributed by atoms with Crippen molar-refractivity contribution in [3.63, 3.8) is 0 Å². The number of hydrogen-bond donors (Lipinski definition) is 1. The van der Waals surface area contributed by atoms with E-state index in [0.717, 1.165) is 18.4 Å². The van der Waals surface area contributed by atoms with E-state index in [1.807, 2.05) is 49.9 Å². The molecule has 0 saturated carbocycles. The predicted octanol–water partition coefficient (Wildman–Crippen LogP) is 2.92. The molecular formula is C19H32ClN3O2. The normalized spacial score (nSPS) is 10.8. The summed E-state index contributed by atoms with van der Waals surface area (Å²) < 4.78 is 0. The Bertz CT molecular complexity index is 546. The van der Waals surface area contributed by atoms with E-state index in [2.05, 4.69) is 0 Å². The van der Waals surface area contributed by atoms with Crippen LogP contribution in [-0.2, 0) is 11.3 Å². The van der Waals surface area contributed by atoms with Crippen LogP contribution < -0.4 is 5.73 Å². The maximum absolute atomic E-state index is 12.9. The zero-order chi connectivity index (χ0) is 18.3. The molecule has 0 radical (unpaired) electrons. The lowest BCUT2D eigenvalue weighted by molar-refractivity contribution is -0.142. The van der Waals surface area contributed by atoms with Crippen LogP contribution in [0.25, 0.3) is 0 Å². The average Bonchev–Trinajstić information content (AvgIpc) is 2.61. The molecule has 0 unspecified atom stereocenters. The average molecular weight is 370 g/mol. The second-order valence-electron chi connectivity index (χ2n) is 6.41. The maximum atomic E-state index is 12.9. The molecule has 142 valence electrons. The largest absolute Gasteiger partial charge is 0.345 e. The van der Waals surface area contributed by atoms with Crippen LogP contribution in [0.15, 0.2) is 24.3 Å². The number of amides is 2. The minimum atomic E-state index is -0.475. The van der Waals surface area contributed by atoms with E-state index in [0.29, 0.717) is 25.2 Å². The smallest absolute Gasteiger partial charge is 0.253 e. The second kappa shape index (κ2) is 10.4. The molecule has 1 aromatic rings. The standard InChI is InChI=1S/C19H31N3O2.ClH/c1-6-19(7-2,14-20)18(24)22(8-3)13-15-9-11-16(12-10-15)17(23)21(4)5;/h9-12H,6-8,13-14,20H2,1-5H3;1H. The summed E-state index contributed by atoms with van der Waals surface area (Å²) in [4.78, 5) is 28.3. The minimum Gasteiger partial charge on any atom is -0.345 e. The first-order valence-corrected chi connectivity index (χ1v) is 8.65. The van der Waals surface area contributed by atoms with E-state index in [4.69, 9.17) is 5.73 Å². The van der Waals surface area contributed by atoms with E-state index in [9.17, 15) is 9.59 Å². The lowest BCUT2D eigenvalue weighted by Crippen LogP contribution is -2.47. The van der Waals surface area contributed by atoms with Gasteiger partial charge in [0.2, 0.25) is 5.91 Å². The van der Waals surface area contributed by atoms with Gasteiger partial charge in [0.05, 0.1) is 5.41 Å².